The molecule has 1 saturated heterocycles. The lowest BCUT2D eigenvalue weighted by Crippen LogP contribution is -2.65. The minimum absolute atomic E-state index is 0.357. The van der Waals surface area contributed by atoms with E-state index in [1.165, 1.54) is 31.4 Å². The van der Waals surface area contributed by atoms with Gasteiger partial charge in [-0.3, -0.25) is 0 Å². The lowest BCUT2D eigenvalue weighted by Gasteiger charge is -2.46. The van der Waals surface area contributed by atoms with Crippen molar-refractivity contribution >= 4 is 0 Å². The van der Waals surface area contributed by atoms with Crippen molar-refractivity contribution in [3.8, 4) is 0 Å². The predicted molar refractivity (Wildman–Crippen MR) is 72.4 cm³/mol. The van der Waals surface area contributed by atoms with E-state index in [0.717, 1.165) is 25.4 Å². The summed E-state index contributed by atoms with van der Waals surface area (Å²) < 4.78 is 0. The molecule has 4 nitrogen and oxygen atoms in total. The molecule has 1 aromatic rings. The van der Waals surface area contributed by atoms with Crippen molar-refractivity contribution in [1.29, 1.82) is 0 Å². The van der Waals surface area contributed by atoms with Gasteiger partial charge in [0, 0.05) is 43.0 Å². The van der Waals surface area contributed by atoms with Crippen molar-refractivity contribution in [2.45, 2.75) is 50.6 Å². The normalized spacial score (nSPS) is 36.9. The highest BCUT2D eigenvalue weighted by molar-refractivity contribution is 5.04. The summed E-state index contributed by atoms with van der Waals surface area (Å²) in [5, 5.41) is 7.54. The Hall–Kier alpha value is -0.870. The predicted octanol–water partition coefficient (Wildman–Crippen LogP) is 1.46. The zero-order valence-corrected chi connectivity index (χ0v) is 11.2. The minimum atomic E-state index is 0.357. The second-order valence-electron chi connectivity index (χ2n) is 6.22. The number of rotatable bonds is 2. The van der Waals surface area contributed by atoms with E-state index in [0.29, 0.717) is 11.6 Å². The molecule has 0 bridgehead atoms. The van der Waals surface area contributed by atoms with Crippen LogP contribution in [0.2, 0.25) is 0 Å². The number of imidazole rings is 1. The summed E-state index contributed by atoms with van der Waals surface area (Å²) in [5.74, 6) is 0.908. The Bertz CT molecular complexity index is 365. The summed E-state index contributed by atoms with van der Waals surface area (Å²) in [6.45, 7) is 4.58. The molecule has 1 saturated carbocycles. The molecule has 0 amide bonds. The quantitative estimate of drug-likeness (QED) is 0.743. The standard InChI is InChI=1S/C14H24N4/c1-11-2-4-14(5-3-11)9-15-8-13(18-14)6-12-7-16-10-17-12/h7,10-11,13,15,18H,2-6,8-9H2,1H3,(H,16,17)/t11?,13-,14?/m0/s1. The van der Waals surface area contributed by atoms with Crippen molar-refractivity contribution in [3.63, 3.8) is 0 Å². The van der Waals surface area contributed by atoms with Gasteiger partial charge in [-0.05, 0) is 31.6 Å². The van der Waals surface area contributed by atoms with Gasteiger partial charge in [-0.15, -0.1) is 0 Å². The molecule has 2 heterocycles. The van der Waals surface area contributed by atoms with Crippen LogP contribution in [0.1, 0.15) is 38.3 Å². The highest BCUT2D eigenvalue weighted by Gasteiger charge is 2.38. The second-order valence-corrected chi connectivity index (χ2v) is 6.22. The number of nitrogens with zero attached hydrogens (tertiary/aromatic N) is 1. The third-order valence-corrected chi connectivity index (χ3v) is 4.62. The maximum Gasteiger partial charge on any atom is 0.0921 e. The Morgan fingerprint density at radius 1 is 1.39 bits per heavy atom. The molecule has 1 spiro atoms. The fourth-order valence-electron chi connectivity index (χ4n) is 3.44. The molecule has 100 valence electrons. The van der Waals surface area contributed by atoms with Crippen LogP contribution in [0, 0.1) is 5.92 Å². The van der Waals surface area contributed by atoms with Crippen molar-refractivity contribution < 1.29 is 0 Å². The van der Waals surface area contributed by atoms with Crippen LogP contribution >= 0.6 is 0 Å². The van der Waals surface area contributed by atoms with Crippen LogP contribution in [-0.2, 0) is 6.42 Å². The smallest absolute Gasteiger partial charge is 0.0921 e. The van der Waals surface area contributed by atoms with Crippen LogP contribution in [0.15, 0.2) is 12.5 Å². The Labute approximate surface area is 109 Å². The first-order valence-corrected chi connectivity index (χ1v) is 7.21. The van der Waals surface area contributed by atoms with E-state index in [2.05, 4.69) is 27.5 Å². The molecule has 0 radical (unpaired) electrons. The van der Waals surface area contributed by atoms with E-state index in [1.54, 1.807) is 6.33 Å². The van der Waals surface area contributed by atoms with Crippen molar-refractivity contribution in [2.24, 2.45) is 5.92 Å². The fraction of sp³-hybridized carbons (Fsp3) is 0.786. The van der Waals surface area contributed by atoms with E-state index in [9.17, 15) is 0 Å². The van der Waals surface area contributed by atoms with Crippen LogP contribution in [0.25, 0.3) is 0 Å². The van der Waals surface area contributed by atoms with Crippen molar-refractivity contribution in [3.05, 3.63) is 18.2 Å². The van der Waals surface area contributed by atoms with Gasteiger partial charge < -0.3 is 15.6 Å². The average Bonchev–Trinajstić information content (AvgIpc) is 2.87. The van der Waals surface area contributed by atoms with E-state index in [4.69, 9.17) is 0 Å². The number of aromatic nitrogens is 2. The third kappa shape index (κ3) is 2.59. The van der Waals surface area contributed by atoms with Gasteiger partial charge in [0.2, 0.25) is 0 Å². The Balaban J connectivity index is 1.61. The second kappa shape index (κ2) is 5.02. The summed E-state index contributed by atoms with van der Waals surface area (Å²) in [5.41, 5.74) is 1.59. The molecule has 2 aliphatic rings. The number of hydrogen-bond donors (Lipinski definition) is 3. The maximum absolute atomic E-state index is 4.10. The van der Waals surface area contributed by atoms with Crippen LogP contribution in [-0.4, -0.2) is 34.6 Å². The van der Waals surface area contributed by atoms with Gasteiger partial charge >= 0.3 is 0 Å². The summed E-state index contributed by atoms with van der Waals surface area (Å²) in [6.07, 6.45) is 10.1. The molecular formula is C14H24N4. The Morgan fingerprint density at radius 3 is 2.94 bits per heavy atom. The van der Waals surface area contributed by atoms with Gasteiger partial charge in [-0.2, -0.15) is 0 Å². The summed E-state index contributed by atoms with van der Waals surface area (Å²) in [7, 11) is 0. The Morgan fingerprint density at radius 2 is 2.22 bits per heavy atom. The van der Waals surface area contributed by atoms with Gasteiger partial charge in [0.25, 0.3) is 0 Å². The van der Waals surface area contributed by atoms with Crippen molar-refractivity contribution in [1.82, 2.24) is 20.6 Å². The van der Waals surface area contributed by atoms with Gasteiger partial charge in [0.15, 0.2) is 0 Å². The highest BCUT2D eigenvalue weighted by Crippen LogP contribution is 2.33. The van der Waals surface area contributed by atoms with Crippen molar-refractivity contribution in [2.75, 3.05) is 13.1 Å². The molecule has 2 fully saturated rings. The van der Waals surface area contributed by atoms with E-state index in [-0.39, 0.29) is 0 Å². The van der Waals surface area contributed by atoms with E-state index >= 15 is 0 Å². The number of piperazine rings is 1. The zero-order valence-electron chi connectivity index (χ0n) is 11.2. The first kappa shape index (κ1) is 12.2. The first-order valence-electron chi connectivity index (χ1n) is 7.21. The van der Waals surface area contributed by atoms with Gasteiger partial charge in [-0.1, -0.05) is 6.92 Å². The SMILES string of the molecule is CC1CCC2(CC1)CNC[C@H](Cc1cnc[nH]1)N2. The van der Waals surface area contributed by atoms with Crippen LogP contribution in [0.4, 0.5) is 0 Å². The molecule has 0 unspecified atom stereocenters. The highest BCUT2D eigenvalue weighted by atomic mass is 15.1. The van der Waals surface area contributed by atoms with Gasteiger partial charge in [-0.25, -0.2) is 4.98 Å². The Kier molecular flexibility index (Phi) is 3.39. The van der Waals surface area contributed by atoms with Crippen LogP contribution in [0.3, 0.4) is 0 Å². The molecule has 3 N–H and O–H groups in total. The summed E-state index contributed by atoms with van der Waals surface area (Å²) in [6, 6.07) is 0.535. The number of aromatic amines is 1. The molecule has 18 heavy (non-hydrogen) atoms. The van der Waals surface area contributed by atoms with E-state index in [1.807, 2.05) is 6.20 Å². The van der Waals surface area contributed by atoms with Crippen LogP contribution in [0.5, 0.6) is 0 Å². The maximum atomic E-state index is 4.10. The van der Waals surface area contributed by atoms with E-state index < -0.39 is 0 Å². The minimum Gasteiger partial charge on any atom is -0.348 e. The van der Waals surface area contributed by atoms with Gasteiger partial charge in [0.05, 0.1) is 6.33 Å². The monoisotopic (exact) mass is 248 g/mol. The molecule has 0 aromatic carbocycles. The molecule has 1 atom stereocenters. The van der Waals surface area contributed by atoms with Crippen LogP contribution < -0.4 is 10.6 Å². The number of H-pyrrole nitrogens is 1. The zero-order chi connectivity index (χ0) is 12.4. The lowest BCUT2D eigenvalue weighted by molar-refractivity contribution is 0.143. The molecule has 1 aliphatic heterocycles. The lowest BCUT2D eigenvalue weighted by atomic mass is 9.75. The fourth-order valence-corrected chi connectivity index (χ4v) is 3.44. The summed E-state index contributed by atoms with van der Waals surface area (Å²) >= 11 is 0. The average molecular weight is 248 g/mol. The molecular weight excluding hydrogens is 224 g/mol. The number of nitrogens with one attached hydrogen (secondary N) is 3. The largest absolute Gasteiger partial charge is 0.348 e. The third-order valence-electron chi connectivity index (χ3n) is 4.62. The number of hydrogen-bond acceptors (Lipinski definition) is 3. The van der Waals surface area contributed by atoms with Gasteiger partial charge in [0.1, 0.15) is 0 Å². The first-order chi connectivity index (χ1) is 8.76. The molecule has 4 heteroatoms. The molecule has 1 aromatic heterocycles. The molecule has 1 aliphatic carbocycles. The molecule has 3 rings (SSSR count). The topological polar surface area (TPSA) is 52.7 Å². The summed E-state index contributed by atoms with van der Waals surface area (Å²) in [4.78, 5) is 7.30.